The highest BCUT2D eigenvalue weighted by atomic mass is 35.5. The van der Waals surface area contributed by atoms with Gasteiger partial charge in [0.25, 0.3) is 0 Å². The maximum absolute atomic E-state index is 5.97. The topological polar surface area (TPSA) is 61.0 Å². The van der Waals surface area contributed by atoms with Crippen LogP contribution in [0, 0.1) is 0 Å². The van der Waals surface area contributed by atoms with Crippen LogP contribution in [0.2, 0.25) is 5.02 Å². The molecule has 0 unspecified atom stereocenters. The highest BCUT2D eigenvalue weighted by molar-refractivity contribution is 7.18. The van der Waals surface area contributed by atoms with Crippen molar-refractivity contribution in [1.29, 1.82) is 0 Å². The van der Waals surface area contributed by atoms with E-state index in [1.807, 2.05) is 24.3 Å². The highest BCUT2D eigenvalue weighted by Gasteiger charge is 2.11. The molecule has 3 rings (SSSR count). The molecule has 21 heavy (non-hydrogen) atoms. The monoisotopic (exact) mass is 319 g/mol. The third-order valence-corrected chi connectivity index (χ3v) is 4.45. The van der Waals surface area contributed by atoms with Crippen molar-refractivity contribution >= 4 is 39.1 Å². The summed E-state index contributed by atoms with van der Waals surface area (Å²) in [4.78, 5) is 10.6. The fourth-order valence-corrected chi connectivity index (χ4v) is 3.20. The first-order valence-electron chi connectivity index (χ1n) is 6.59. The van der Waals surface area contributed by atoms with Gasteiger partial charge >= 0.3 is 0 Å². The molecule has 2 aromatic heterocycles. The van der Waals surface area contributed by atoms with E-state index < -0.39 is 0 Å². The summed E-state index contributed by atoms with van der Waals surface area (Å²) in [6.07, 6.45) is 0.953. The summed E-state index contributed by atoms with van der Waals surface area (Å²) >= 11 is 7.59. The van der Waals surface area contributed by atoms with Crippen molar-refractivity contribution in [3.63, 3.8) is 0 Å². The first-order valence-corrected chi connectivity index (χ1v) is 7.78. The number of aryl methyl sites for hydroxylation is 1. The van der Waals surface area contributed by atoms with Crippen LogP contribution in [-0.2, 0) is 13.0 Å². The third kappa shape index (κ3) is 3.09. The molecule has 0 atom stereocenters. The predicted molar refractivity (Wildman–Crippen MR) is 87.0 cm³/mol. The third-order valence-electron chi connectivity index (χ3n) is 3.04. The van der Waals surface area contributed by atoms with Crippen LogP contribution >= 0.6 is 22.9 Å². The Labute approximate surface area is 131 Å². The second-order valence-electron chi connectivity index (χ2n) is 4.59. The molecule has 108 valence electrons. The van der Waals surface area contributed by atoms with Gasteiger partial charge in [0, 0.05) is 9.90 Å². The first kappa shape index (κ1) is 14.1. The Bertz CT molecular complexity index is 788. The number of aromatic nitrogens is 2. The molecule has 0 aliphatic rings. The Morgan fingerprint density at radius 3 is 2.90 bits per heavy atom. The molecule has 4 nitrogen and oxygen atoms in total. The maximum Gasteiger partial charge on any atom is 0.227 e. The minimum atomic E-state index is 0.230. The van der Waals surface area contributed by atoms with E-state index in [1.165, 1.54) is 4.88 Å². The van der Waals surface area contributed by atoms with E-state index in [1.54, 1.807) is 11.3 Å². The molecule has 2 N–H and O–H groups in total. The van der Waals surface area contributed by atoms with Crippen LogP contribution in [0.5, 0.6) is 5.88 Å². The standard InChI is InChI=1S/C15H14ClN3OS/c1-2-11-7-12-13(18-15(17)19-14(12)21-11)20-8-9-4-3-5-10(16)6-9/h3-7H,2,8H2,1H3,(H2,17,18,19). The summed E-state index contributed by atoms with van der Waals surface area (Å²) in [6.45, 7) is 2.50. The molecule has 0 saturated carbocycles. The summed E-state index contributed by atoms with van der Waals surface area (Å²) in [6, 6.07) is 9.61. The number of nitrogen functional groups attached to an aromatic ring is 1. The van der Waals surface area contributed by atoms with Gasteiger partial charge in [0.1, 0.15) is 11.4 Å². The van der Waals surface area contributed by atoms with Crippen LogP contribution in [0.25, 0.3) is 10.2 Å². The highest BCUT2D eigenvalue weighted by Crippen LogP contribution is 2.31. The number of ether oxygens (including phenoxy) is 1. The molecule has 0 amide bonds. The largest absolute Gasteiger partial charge is 0.472 e. The van der Waals surface area contributed by atoms with Crippen molar-refractivity contribution in [2.45, 2.75) is 20.0 Å². The Kier molecular flexibility index (Phi) is 3.94. The van der Waals surface area contributed by atoms with Gasteiger partial charge in [0.05, 0.1) is 5.39 Å². The molecule has 0 radical (unpaired) electrons. The van der Waals surface area contributed by atoms with Crippen molar-refractivity contribution in [1.82, 2.24) is 9.97 Å². The first-order chi connectivity index (χ1) is 10.2. The Morgan fingerprint density at radius 1 is 1.29 bits per heavy atom. The molecule has 0 saturated heterocycles. The number of halogens is 1. The van der Waals surface area contributed by atoms with Gasteiger partial charge in [-0.25, -0.2) is 4.98 Å². The molecule has 0 spiro atoms. The SMILES string of the molecule is CCc1cc2c(OCc3cccc(Cl)c3)nc(N)nc2s1. The second-order valence-corrected chi connectivity index (χ2v) is 6.14. The Hall–Kier alpha value is -1.85. The molecular weight excluding hydrogens is 306 g/mol. The molecular formula is C15H14ClN3OS. The molecule has 0 aliphatic carbocycles. The maximum atomic E-state index is 5.97. The van der Waals surface area contributed by atoms with Gasteiger partial charge in [-0.2, -0.15) is 4.98 Å². The fourth-order valence-electron chi connectivity index (χ4n) is 2.02. The van der Waals surface area contributed by atoms with Crippen LogP contribution < -0.4 is 10.5 Å². The van der Waals surface area contributed by atoms with E-state index in [2.05, 4.69) is 23.0 Å². The lowest BCUT2D eigenvalue weighted by Crippen LogP contribution is -2.01. The zero-order valence-corrected chi connectivity index (χ0v) is 13.0. The van der Waals surface area contributed by atoms with Crippen molar-refractivity contribution in [2.75, 3.05) is 5.73 Å². The molecule has 0 fully saturated rings. The van der Waals surface area contributed by atoms with Crippen LogP contribution in [0.15, 0.2) is 30.3 Å². The van der Waals surface area contributed by atoms with E-state index in [9.17, 15) is 0 Å². The van der Waals surface area contributed by atoms with Crippen molar-refractivity contribution < 1.29 is 4.74 Å². The van der Waals surface area contributed by atoms with Gasteiger partial charge in [0.15, 0.2) is 0 Å². The average Bonchev–Trinajstić information content (AvgIpc) is 2.87. The fraction of sp³-hybridized carbons (Fsp3) is 0.200. The summed E-state index contributed by atoms with van der Waals surface area (Å²) in [5, 5.41) is 1.60. The number of benzene rings is 1. The van der Waals surface area contributed by atoms with E-state index >= 15 is 0 Å². The minimum absolute atomic E-state index is 0.230. The lowest BCUT2D eigenvalue weighted by atomic mass is 10.2. The average molecular weight is 320 g/mol. The molecule has 1 aromatic carbocycles. The van der Waals surface area contributed by atoms with E-state index in [0.717, 1.165) is 22.2 Å². The van der Waals surface area contributed by atoms with Gasteiger partial charge in [-0.3, -0.25) is 0 Å². The lowest BCUT2D eigenvalue weighted by molar-refractivity contribution is 0.298. The summed E-state index contributed by atoms with van der Waals surface area (Å²) in [5.74, 6) is 0.751. The van der Waals surface area contributed by atoms with Gasteiger partial charge in [0.2, 0.25) is 11.8 Å². The van der Waals surface area contributed by atoms with E-state index in [0.29, 0.717) is 17.5 Å². The molecule has 3 aromatic rings. The number of hydrogen-bond acceptors (Lipinski definition) is 5. The zero-order valence-electron chi connectivity index (χ0n) is 11.5. The Balaban J connectivity index is 1.90. The predicted octanol–water partition coefficient (Wildman–Crippen LogP) is 4.07. The van der Waals surface area contributed by atoms with Crippen molar-refractivity contribution in [3.8, 4) is 5.88 Å². The second kappa shape index (κ2) is 5.87. The van der Waals surface area contributed by atoms with Crippen LogP contribution in [-0.4, -0.2) is 9.97 Å². The molecule has 0 aliphatic heterocycles. The van der Waals surface area contributed by atoms with Gasteiger partial charge < -0.3 is 10.5 Å². The number of hydrogen-bond donors (Lipinski definition) is 1. The lowest BCUT2D eigenvalue weighted by Gasteiger charge is -2.07. The van der Waals surface area contributed by atoms with E-state index in [4.69, 9.17) is 22.1 Å². The number of nitrogens with zero attached hydrogens (tertiary/aromatic N) is 2. The van der Waals surface area contributed by atoms with E-state index in [-0.39, 0.29) is 5.95 Å². The van der Waals surface area contributed by atoms with Crippen LogP contribution in [0.4, 0.5) is 5.95 Å². The zero-order chi connectivity index (χ0) is 14.8. The summed E-state index contributed by atoms with van der Waals surface area (Å²) in [7, 11) is 0. The smallest absolute Gasteiger partial charge is 0.227 e. The summed E-state index contributed by atoms with van der Waals surface area (Å²) in [5.41, 5.74) is 6.74. The normalized spacial score (nSPS) is 11.0. The Morgan fingerprint density at radius 2 is 2.14 bits per heavy atom. The molecule has 6 heteroatoms. The van der Waals surface area contributed by atoms with Gasteiger partial charge in [-0.05, 0) is 30.2 Å². The number of anilines is 1. The number of rotatable bonds is 4. The van der Waals surface area contributed by atoms with Gasteiger partial charge in [-0.15, -0.1) is 11.3 Å². The van der Waals surface area contributed by atoms with Crippen LogP contribution in [0.1, 0.15) is 17.4 Å². The van der Waals surface area contributed by atoms with Gasteiger partial charge in [-0.1, -0.05) is 30.7 Å². The number of fused-ring (bicyclic) bond motifs is 1. The van der Waals surface area contributed by atoms with Crippen LogP contribution in [0.3, 0.4) is 0 Å². The minimum Gasteiger partial charge on any atom is -0.472 e. The summed E-state index contributed by atoms with van der Waals surface area (Å²) < 4.78 is 5.82. The molecule has 2 heterocycles. The number of thiophene rings is 1. The number of nitrogens with two attached hydrogens (primary N) is 1. The van der Waals surface area contributed by atoms with Crippen molar-refractivity contribution in [2.24, 2.45) is 0 Å². The molecule has 0 bridgehead atoms. The van der Waals surface area contributed by atoms with Crippen molar-refractivity contribution in [3.05, 3.63) is 45.8 Å². The quantitative estimate of drug-likeness (QED) is 0.787.